The Hall–Kier alpha value is -3.79. The molecular weight excluding hydrogens is 388 g/mol. The first-order chi connectivity index (χ1) is 15.0. The molecule has 0 aliphatic carbocycles. The molecule has 0 N–H and O–H groups in total. The molecule has 156 valence electrons. The maximum atomic E-state index is 13.2. The summed E-state index contributed by atoms with van der Waals surface area (Å²) in [6.45, 7) is 5.22. The van der Waals surface area contributed by atoms with Gasteiger partial charge in [-0.25, -0.2) is 0 Å². The van der Waals surface area contributed by atoms with Crippen LogP contribution in [-0.4, -0.2) is 17.5 Å². The summed E-state index contributed by atoms with van der Waals surface area (Å²) in [5.74, 6) is -2.68. The number of Topliss-reactive ketones (excluding diaryl/α,β-unsaturated/α-hetero) is 2. The van der Waals surface area contributed by atoms with E-state index in [0.717, 1.165) is 0 Å². The van der Waals surface area contributed by atoms with Gasteiger partial charge in [-0.15, -0.1) is 0 Å². The predicted octanol–water partition coefficient (Wildman–Crippen LogP) is 5.14. The average Bonchev–Trinajstić information content (AvgIpc) is 2.82. The molecule has 0 aromatic heterocycles. The summed E-state index contributed by atoms with van der Waals surface area (Å²) >= 11 is 0. The van der Waals surface area contributed by atoms with E-state index in [4.69, 9.17) is 4.74 Å². The minimum atomic E-state index is -1.29. The molecule has 0 saturated heterocycles. The average molecular weight is 412 g/mol. The van der Waals surface area contributed by atoms with Gasteiger partial charge in [0.2, 0.25) is 0 Å². The molecule has 4 nitrogen and oxygen atoms in total. The van der Waals surface area contributed by atoms with Gasteiger partial charge >= 0.3 is 5.97 Å². The van der Waals surface area contributed by atoms with Crippen LogP contribution in [0.1, 0.15) is 34.8 Å². The number of hydrogen-bond donors (Lipinski definition) is 0. The Bertz CT molecular complexity index is 1020. The van der Waals surface area contributed by atoms with E-state index in [9.17, 15) is 14.4 Å². The van der Waals surface area contributed by atoms with E-state index in [1.165, 1.54) is 6.92 Å². The number of carbonyl (C=O) groups excluding carboxylic acids is 3. The van der Waals surface area contributed by atoms with Gasteiger partial charge < -0.3 is 4.74 Å². The number of carbonyl (C=O) groups is 3. The van der Waals surface area contributed by atoms with Crippen LogP contribution < -0.4 is 0 Å². The normalized spacial score (nSPS) is 11.9. The van der Waals surface area contributed by atoms with Crippen molar-refractivity contribution in [2.75, 3.05) is 0 Å². The largest absolute Gasteiger partial charge is 0.444 e. The number of benzene rings is 3. The van der Waals surface area contributed by atoms with Crippen LogP contribution in [0.3, 0.4) is 0 Å². The van der Waals surface area contributed by atoms with Gasteiger partial charge in [0.25, 0.3) is 0 Å². The standard InChI is InChI=1S/C27H24O4/c1-3-27(22-15-9-5-10-16-22,23-17-11-6-12-18-23)31-26(30)24(20(2)28)19-25(29)21-13-7-4-8-14-21/h3-18,24H,1,19H2,2H3. The third-order valence-electron chi connectivity index (χ3n) is 5.21. The van der Waals surface area contributed by atoms with E-state index in [1.807, 2.05) is 60.7 Å². The highest BCUT2D eigenvalue weighted by molar-refractivity contribution is 6.05. The smallest absolute Gasteiger partial charge is 0.318 e. The summed E-state index contributed by atoms with van der Waals surface area (Å²) in [6.07, 6.45) is 1.29. The van der Waals surface area contributed by atoms with Gasteiger partial charge in [0.15, 0.2) is 11.4 Å². The fraction of sp³-hybridized carbons (Fsp3) is 0.148. The van der Waals surface area contributed by atoms with Crippen LogP contribution in [-0.2, 0) is 19.9 Å². The summed E-state index contributed by atoms with van der Waals surface area (Å²) in [7, 11) is 0. The molecule has 3 rings (SSSR count). The van der Waals surface area contributed by atoms with Crippen molar-refractivity contribution in [1.29, 1.82) is 0 Å². The Balaban J connectivity index is 1.96. The zero-order valence-electron chi connectivity index (χ0n) is 17.4. The molecule has 0 bridgehead atoms. The van der Waals surface area contributed by atoms with Crippen LogP contribution in [0, 0.1) is 5.92 Å². The molecule has 0 fully saturated rings. The van der Waals surface area contributed by atoms with E-state index < -0.39 is 23.3 Å². The molecule has 0 amide bonds. The maximum absolute atomic E-state index is 13.2. The van der Waals surface area contributed by atoms with Gasteiger partial charge in [0.1, 0.15) is 11.7 Å². The van der Waals surface area contributed by atoms with Crippen LogP contribution in [0.5, 0.6) is 0 Å². The summed E-state index contributed by atoms with van der Waals surface area (Å²) < 4.78 is 5.99. The second-order valence-electron chi connectivity index (χ2n) is 7.25. The number of ketones is 2. The Morgan fingerprint density at radius 2 is 1.29 bits per heavy atom. The SMILES string of the molecule is C=CC(OC(=O)C(CC(=O)c1ccccc1)C(C)=O)(c1ccccc1)c1ccccc1. The third kappa shape index (κ3) is 4.86. The first kappa shape index (κ1) is 21.9. The first-order valence-electron chi connectivity index (χ1n) is 10.0. The fourth-order valence-electron chi connectivity index (χ4n) is 3.48. The number of hydrogen-bond acceptors (Lipinski definition) is 4. The van der Waals surface area contributed by atoms with Crippen LogP contribution in [0.25, 0.3) is 0 Å². The highest BCUT2D eigenvalue weighted by Crippen LogP contribution is 2.36. The van der Waals surface area contributed by atoms with Crippen molar-refractivity contribution in [1.82, 2.24) is 0 Å². The fourth-order valence-corrected chi connectivity index (χ4v) is 3.48. The van der Waals surface area contributed by atoms with Gasteiger partial charge in [-0.2, -0.15) is 0 Å². The van der Waals surface area contributed by atoms with E-state index in [-0.39, 0.29) is 12.2 Å². The van der Waals surface area contributed by atoms with Gasteiger partial charge in [0.05, 0.1) is 0 Å². The van der Waals surface area contributed by atoms with Crippen molar-refractivity contribution in [3.05, 3.63) is 120 Å². The lowest BCUT2D eigenvalue weighted by Gasteiger charge is -2.32. The molecule has 0 radical (unpaired) electrons. The molecule has 3 aromatic rings. The van der Waals surface area contributed by atoms with E-state index >= 15 is 0 Å². The van der Waals surface area contributed by atoms with Crippen LogP contribution in [0.4, 0.5) is 0 Å². The molecule has 0 saturated carbocycles. The van der Waals surface area contributed by atoms with Crippen molar-refractivity contribution < 1.29 is 19.1 Å². The van der Waals surface area contributed by atoms with Gasteiger partial charge in [-0.05, 0) is 13.0 Å². The van der Waals surface area contributed by atoms with Gasteiger partial charge in [-0.1, -0.05) is 97.6 Å². The monoisotopic (exact) mass is 412 g/mol. The van der Waals surface area contributed by atoms with Gasteiger partial charge in [0, 0.05) is 23.1 Å². The highest BCUT2D eigenvalue weighted by Gasteiger charge is 2.39. The summed E-state index contributed by atoms with van der Waals surface area (Å²) in [6, 6.07) is 27.0. The Kier molecular flexibility index (Phi) is 6.93. The third-order valence-corrected chi connectivity index (χ3v) is 5.21. The molecule has 4 heteroatoms. The Morgan fingerprint density at radius 3 is 1.71 bits per heavy atom. The molecule has 3 aromatic carbocycles. The lowest BCUT2D eigenvalue weighted by Crippen LogP contribution is -2.37. The number of ether oxygens (including phenoxy) is 1. The van der Waals surface area contributed by atoms with Crippen LogP contribution in [0.2, 0.25) is 0 Å². The van der Waals surface area contributed by atoms with Crippen molar-refractivity contribution >= 4 is 17.5 Å². The number of rotatable bonds is 9. The lowest BCUT2D eigenvalue weighted by molar-refractivity contribution is -0.160. The number of esters is 1. The van der Waals surface area contributed by atoms with Crippen molar-refractivity contribution in [2.45, 2.75) is 18.9 Å². The van der Waals surface area contributed by atoms with Crippen molar-refractivity contribution in [3.8, 4) is 0 Å². The second-order valence-corrected chi connectivity index (χ2v) is 7.25. The van der Waals surface area contributed by atoms with E-state index in [1.54, 1.807) is 36.4 Å². The van der Waals surface area contributed by atoms with E-state index in [2.05, 4.69) is 6.58 Å². The van der Waals surface area contributed by atoms with E-state index in [0.29, 0.717) is 16.7 Å². The molecule has 31 heavy (non-hydrogen) atoms. The highest BCUT2D eigenvalue weighted by atomic mass is 16.6. The summed E-state index contributed by atoms with van der Waals surface area (Å²) in [5.41, 5.74) is 0.549. The van der Waals surface area contributed by atoms with Gasteiger partial charge in [-0.3, -0.25) is 14.4 Å². The molecule has 0 heterocycles. The zero-order chi connectivity index (χ0) is 22.3. The molecule has 0 aliphatic heterocycles. The maximum Gasteiger partial charge on any atom is 0.318 e. The zero-order valence-corrected chi connectivity index (χ0v) is 17.4. The lowest BCUT2D eigenvalue weighted by atomic mass is 9.85. The van der Waals surface area contributed by atoms with Crippen molar-refractivity contribution in [2.24, 2.45) is 5.92 Å². The minimum absolute atomic E-state index is 0.255. The summed E-state index contributed by atoms with van der Waals surface area (Å²) in [5, 5.41) is 0. The second kappa shape index (κ2) is 9.81. The topological polar surface area (TPSA) is 60.4 Å². The summed E-state index contributed by atoms with van der Waals surface area (Å²) in [4.78, 5) is 38.2. The first-order valence-corrected chi connectivity index (χ1v) is 10.0. The molecule has 0 spiro atoms. The molecule has 0 aliphatic rings. The quantitative estimate of drug-likeness (QED) is 0.211. The molecular formula is C27H24O4. The Morgan fingerprint density at radius 1 is 0.839 bits per heavy atom. The molecule has 1 unspecified atom stereocenters. The Labute approximate surface area is 182 Å². The van der Waals surface area contributed by atoms with Crippen LogP contribution >= 0.6 is 0 Å². The minimum Gasteiger partial charge on any atom is -0.444 e. The predicted molar refractivity (Wildman–Crippen MR) is 120 cm³/mol. The van der Waals surface area contributed by atoms with Crippen LogP contribution in [0.15, 0.2) is 104 Å². The van der Waals surface area contributed by atoms with Crippen molar-refractivity contribution in [3.63, 3.8) is 0 Å². The molecule has 1 atom stereocenters.